The molecule has 0 spiro atoms. The number of hydrogen-bond acceptors (Lipinski definition) is 2. The van der Waals surface area contributed by atoms with Crippen molar-refractivity contribution in [1.82, 2.24) is 4.57 Å². The third-order valence-electron chi connectivity index (χ3n) is 6.98. The van der Waals surface area contributed by atoms with Gasteiger partial charge in [-0.3, -0.25) is 4.79 Å². The zero-order chi connectivity index (χ0) is 26.0. The molecule has 1 unspecified atom stereocenters. The van der Waals surface area contributed by atoms with Crippen molar-refractivity contribution in [2.75, 3.05) is 6.61 Å². The smallest absolute Gasteiger partial charge is 0.416 e. The fourth-order valence-electron chi connectivity index (χ4n) is 5.29. The quantitative estimate of drug-likeness (QED) is 0.349. The number of aromatic nitrogens is 1. The molecule has 0 saturated carbocycles. The van der Waals surface area contributed by atoms with Crippen molar-refractivity contribution < 1.29 is 22.7 Å². The van der Waals surface area contributed by atoms with Crippen molar-refractivity contribution in [2.24, 2.45) is 5.92 Å². The summed E-state index contributed by atoms with van der Waals surface area (Å²) in [7, 11) is 0. The Hall–Kier alpha value is -2.24. The van der Waals surface area contributed by atoms with Crippen LogP contribution in [0.1, 0.15) is 114 Å². The van der Waals surface area contributed by atoms with Crippen molar-refractivity contribution in [2.45, 2.75) is 104 Å². The first-order valence-corrected chi connectivity index (χ1v) is 12.9. The first kappa shape index (κ1) is 27.3. The lowest BCUT2D eigenvalue weighted by atomic mass is 9.85. The topological polar surface area (TPSA) is 31.2 Å². The van der Waals surface area contributed by atoms with Crippen molar-refractivity contribution in [3.05, 3.63) is 58.4 Å². The molecule has 0 bridgehead atoms. The van der Waals surface area contributed by atoms with Crippen LogP contribution in [0.5, 0.6) is 0 Å². The molecule has 1 aliphatic rings. The first-order valence-electron chi connectivity index (χ1n) is 12.9. The van der Waals surface area contributed by atoms with Crippen LogP contribution in [0.25, 0.3) is 0 Å². The highest BCUT2D eigenvalue weighted by Crippen LogP contribution is 2.44. The molecular formula is C29H40F3NO2. The second-order valence-electron chi connectivity index (χ2n) is 11.3. The van der Waals surface area contributed by atoms with Crippen LogP contribution < -0.4 is 0 Å². The van der Waals surface area contributed by atoms with Gasteiger partial charge in [-0.25, -0.2) is 0 Å². The number of benzene rings is 1. The summed E-state index contributed by atoms with van der Waals surface area (Å²) < 4.78 is 47.5. The highest BCUT2D eigenvalue weighted by molar-refractivity contribution is 5.70. The third kappa shape index (κ3) is 6.50. The van der Waals surface area contributed by atoms with E-state index in [2.05, 4.69) is 45.3 Å². The normalized spacial score (nSPS) is 17.4. The van der Waals surface area contributed by atoms with E-state index in [1.807, 2.05) is 6.92 Å². The van der Waals surface area contributed by atoms with Crippen LogP contribution in [0.15, 0.2) is 30.3 Å². The molecule has 0 aliphatic heterocycles. The molecule has 1 aromatic carbocycles. The van der Waals surface area contributed by atoms with Gasteiger partial charge in [0.15, 0.2) is 0 Å². The first-order chi connectivity index (χ1) is 16.3. The van der Waals surface area contributed by atoms with Gasteiger partial charge < -0.3 is 9.30 Å². The number of fused-ring (bicyclic) bond motifs is 1. The number of hydrogen-bond donors (Lipinski definition) is 0. The molecule has 194 valence electrons. The average molecular weight is 492 g/mol. The molecule has 3 rings (SSSR count). The number of carbonyl (C=O) groups is 1. The molecule has 1 aliphatic carbocycles. The summed E-state index contributed by atoms with van der Waals surface area (Å²) in [6, 6.07) is 7.84. The molecule has 0 amide bonds. The predicted octanol–water partition coefficient (Wildman–Crippen LogP) is 8.20. The summed E-state index contributed by atoms with van der Waals surface area (Å²) in [5.41, 5.74) is 3.69. The number of alkyl halides is 3. The van der Waals surface area contributed by atoms with E-state index in [1.165, 1.54) is 29.1 Å². The molecule has 1 aromatic heterocycles. The Morgan fingerprint density at radius 3 is 2.31 bits per heavy atom. The minimum atomic E-state index is -4.36. The summed E-state index contributed by atoms with van der Waals surface area (Å²) >= 11 is 0. The summed E-state index contributed by atoms with van der Waals surface area (Å²) in [6.45, 7) is 13.0. The minimum Gasteiger partial charge on any atom is -0.466 e. The Bertz CT molecular complexity index is 997. The van der Waals surface area contributed by atoms with Crippen LogP contribution in [-0.2, 0) is 27.5 Å². The highest BCUT2D eigenvalue weighted by atomic mass is 19.4. The SMILES string of the molecule is CCOC(=O)CC1CCCc2cc(C(C)(C)C)n([C@@H](CCC(C)C)c3ccc(C(F)(F)F)cc3)c21. The zero-order valence-electron chi connectivity index (χ0n) is 22.0. The van der Waals surface area contributed by atoms with Crippen molar-refractivity contribution in [3.8, 4) is 0 Å². The van der Waals surface area contributed by atoms with Gasteiger partial charge in [0.1, 0.15) is 0 Å². The molecule has 0 fully saturated rings. The van der Waals surface area contributed by atoms with E-state index in [9.17, 15) is 18.0 Å². The second-order valence-corrected chi connectivity index (χ2v) is 11.3. The third-order valence-corrected chi connectivity index (χ3v) is 6.98. The lowest BCUT2D eigenvalue weighted by Gasteiger charge is -2.33. The van der Waals surface area contributed by atoms with Gasteiger partial charge in [-0.05, 0) is 74.3 Å². The van der Waals surface area contributed by atoms with Crippen molar-refractivity contribution in [3.63, 3.8) is 0 Å². The molecule has 2 atom stereocenters. The number of aryl methyl sites for hydroxylation is 1. The maximum Gasteiger partial charge on any atom is 0.416 e. The highest BCUT2D eigenvalue weighted by Gasteiger charge is 2.35. The molecule has 35 heavy (non-hydrogen) atoms. The fourth-order valence-corrected chi connectivity index (χ4v) is 5.29. The van der Waals surface area contributed by atoms with E-state index in [1.54, 1.807) is 12.1 Å². The van der Waals surface area contributed by atoms with E-state index in [0.29, 0.717) is 18.9 Å². The van der Waals surface area contributed by atoms with Crippen LogP contribution in [0.4, 0.5) is 13.2 Å². The number of halogens is 3. The van der Waals surface area contributed by atoms with Crippen molar-refractivity contribution >= 4 is 5.97 Å². The van der Waals surface area contributed by atoms with Crippen LogP contribution >= 0.6 is 0 Å². The summed E-state index contributed by atoms with van der Waals surface area (Å²) in [6.07, 6.45) is 0.613. The number of carbonyl (C=O) groups excluding carboxylic acids is 1. The zero-order valence-corrected chi connectivity index (χ0v) is 22.0. The van der Waals surface area contributed by atoms with E-state index in [0.717, 1.165) is 37.7 Å². The summed E-state index contributed by atoms with van der Waals surface area (Å²) in [5.74, 6) is 0.320. The number of ether oxygens (including phenoxy) is 1. The Morgan fingerprint density at radius 2 is 1.77 bits per heavy atom. The second kappa shape index (κ2) is 10.8. The molecule has 0 saturated heterocycles. The van der Waals surface area contributed by atoms with Gasteiger partial charge in [-0.15, -0.1) is 0 Å². The van der Waals surface area contributed by atoms with Crippen LogP contribution in [-0.4, -0.2) is 17.1 Å². The lowest BCUT2D eigenvalue weighted by Crippen LogP contribution is -2.26. The maximum absolute atomic E-state index is 13.3. The van der Waals surface area contributed by atoms with Crippen LogP contribution in [0, 0.1) is 5.92 Å². The van der Waals surface area contributed by atoms with E-state index in [-0.39, 0.29) is 23.3 Å². The lowest BCUT2D eigenvalue weighted by molar-refractivity contribution is -0.143. The monoisotopic (exact) mass is 491 g/mol. The molecule has 2 aromatic rings. The Labute approximate surface area is 208 Å². The number of rotatable bonds is 8. The van der Waals surface area contributed by atoms with E-state index < -0.39 is 11.7 Å². The molecular weight excluding hydrogens is 451 g/mol. The maximum atomic E-state index is 13.3. The average Bonchev–Trinajstić information content (AvgIpc) is 3.15. The Kier molecular flexibility index (Phi) is 8.44. The van der Waals surface area contributed by atoms with Crippen LogP contribution in [0.2, 0.25) is 0 Å². The molecule has 6 heteroatoms. The van der Waals surface area contributed by atoms with Gasteiger partial charge in [0.25, 0.3) is 0 Å². The Balaban J connectivity index is 2.17. The standard InChI is InChI=1S/C29H40F3NO2/c1-7-35-26(34)18-22-10-8-9-21-17-25(28(4,5)6)33(27(21)22)24(16-11-19(2)3)20-12-14-23(15-13-20)29(30,31)32/h12-15,17,19,22,24H,7-11,16,18H2,1-6H3/t22?,24-/m0/s1. The Morgan fingerprint density at radius 1 is 1.11 bits per heavy atom. The molecule has 3 nitrogen and oxygen atoms in total. The summed E-state index contributed by atoms with van der Waals surface area (Å²) in [4.78, 5) is 12.5. The largest absolute Gasteiger partial charge is 0.466 e. The number of nitrogens with zero attached hydrogens (tertiary/aromatic N) is 1. The van der Waals surface area contributed by atoms with Crippen molar-refractivity contribution in [1.29, 1.82) is 0 Å². The molecule has 0 radical (unpaired) electrons. The number of esters is 1. The van der Waals surface area contributed by atoms with E-state index >= 15 is 0 Å². The molecule has 0 N–H and O–H groups in total. The summed E-state index contributed by atoms with van der Waals surface area (Å²) in [5, 5.41) is 0. The predicted molar refractivity (Wildman–Crippen MR) is 134 cm³/mol. The minimum absolute atomic E-state index is 0.0462. The fraction of sp³-hybridized carbons (Fsp3) is 0.621. The van der Waals surface area contributed by atoms with Gasteiger partial charge in [-0.1, -0.05) is 46.8 Å². The van der Waals surface area contributed by atoms with E-state index in [4.69, 9.17) is 4.74 Å². The molecule has 1 heterocycles. The van der Waals surface area contributed by atoms with Gasteiger partial charge >= 0.3 is 12.1 Å². The van der Waals surface area contributed by atoms with Gasteiger partial charge in [0, 0.05) is 22.7 Å². The van der Waals surface area contributed by atoms with Crippen LogP contribution in [0.3, 0.4) is 0 Å². The van der Waals surface area contributed by atoms with Gasteiger partial charge in [0.2, 0.25) is 0 Å². The van der Waals surface area contributed by atoms with Gasteiger partial charge in [0.05, 0.1) is 24.6 Å². The van der Waals surface area contributed by atoms with Gasteiger partial charge in [-0.2, -0.15) is 13.2 Å².